The van der Waals surface area contributed by atoms with Crippen LogP contribution in [0.25, 0.3) is 0 Å². The van der Waals surface area contributed by atoms with Gasteiger partial charge in [0.2, 0.25) is 5.91 Å². The van der Waals surface area contributed by atoms with Gasteiger partial charge < -0.3 is 5.32 Å². The highest BCUT2D eigenvalue weighted by atomic mass is 19.1. The highest BCUT2D eigenvalue weighted by molar-refractivity contribution is 5.83. The normalized spacial score (nSPS) is 12.0. The van der Waals surface area contributed by atoms with Crippen molar-refractivity contribution in [3.63, 3.8) is 0 Å². The van der Waals surface area contributed by atoms with Crippen LogP contribution in [0.4, 0.5) is 4.39 Å². The summed E-state index contributed by atoms with van der Waals surface area (Å²) in [4.78, 5) is 12.4. The first kappa shape index (κ1) is 16.2. The molecule has 0 aromatic heterocycles. The van der Waals surface area contributed by atoms with E-state index < -0.39 is 0 Å². The number of hydrogen-bond donors (Lipinski definition) is 1. The summed E-state index contributed by atoms with van der Waals surface area (Å²) in [5, 5.41) is 2.86. The van der Waals surface area contributed by atoms with Crippen molar-refractivity contribution >= 4 is 5.91 Å². The molecule has 0 aliphatic heterocycles. The van der Waals surface area contributed by atoms with Crippen LogP contribution in [0.2, 0.25) is 0 Å². The van der Waals surface area contributed by atoms with Crippen LogP contribution < -0.4 is 5.32 Å². The van der Waals surface area contributed by atoms with E-state index in [2.05, 4.69) is 5.32 Å². The molecule has 3 heteroatoms. The van der Waals surface area contributed by atoms with Crippen molar-refractivity contribution < 1.29 is 9.18 Å². The van der Waals surface area contributed by atoms with Gasteiger partial charge in [0.1, 0.15) is 5.82 Å². The summed E-state index contributed by atoms with van der Waals surface area (Å²) in [7, 11) is 0. The summed E-state index contributed by atoms with van der Waals surface area (Å²) < 4.78 is 13.8. The van der Waals surface area contributed by atoms with Crippen molar-refractivity contribution in [2.24, 2.45) is 0 Å². The zero-order valence-corrected chi connectivity index (χ0v) is 13.1. The summed E-state index contributed by atoms with van der Waals surface area (Å²) >= 11 is 0. The van der Waals surface area contributed by atoms with Gasteiger partial charge in [0.15, 0.2) is 0 Å². The van der Waals surface area contributed by atoms with Gasteiger partial charge in [-0.25, -0.2) is 4.39 Å². The van der Waals surface area contributed by atoms with E-state index in [1.54, 1.807) is 6.07 Å². The highest BCUT2D eigenvalue weighted by Crippen LogP contribution is 2.19. The predicted molar refractivity (Wildman–Crippen MR) is 87.1 cm³/mol. The van der Waals surface area contributed by atoms with Crippen LogP contribution in [0.3, 0.4) is 0 Å². The third-order valence-corrected chi connectivity index (χ3v) is 3.90. The first-order chi connectivity index (χ1) is 10.7. The van der Waals surface area contributed by atoms with Crippen LogP contribution in [-0.4, -0.2) is 5.91 Å². The van der Waals surface area contributed by atoms with Gasteiger partial charge in [-0.05, 0) is 30.0 Å². The van der Waals surface area contributed by atoms with Gasteiger partial charge in [-0.3, -0.25) is 4.79 Å². The maximum Gasteiger partial charge on any atom is 0.227 e. The van der Waals surface area contributed by atoms with Gasteiger partial charge in [0.05, 0.1) is 5.92 Å². The number of aryl methyl sites for hydroxylation is 1. The molecule has 1 amide bonds. The van der Waals surface area contributed by atoms with Gasteiger partial charge >= 0.3 is 0 Å². The van der Waals surface area contributed by atoms with Crippen LogP contribution in [-0.2, 0) is 17.8 Å². The maximum absolute atomic E-state index is 13.8. The van der Waals surface area contributed by atoms with E-state index in [4.69, 9.17) is 0 Å². The van der Waals surface area contributed by atoms with Crippen molar-refractivity contribution in [1.29, 1.82) is 0 Å². The van der Waals surface area contributed by atoms with Crippen molar-refractivity contribution in [3.8, 4) is 0 Å². The monoisotopic (exact) mass is 299 g/mol. The van der Waals surface area contributed by atoms with Gasteiger partial charge in [-0.1, -0.05) is 56.3 Å². The largest absolute Gasteiger partial charge is 0.351 e. The third kappa shape index (κ3) is 3.94. The number of carbonyl (C=O) groups excluding carboxylic acids is 1. The van der Waals surface area contributed by atoms with Crippen molar-refractivity contribution in [2.45, 2.75) is 39.2 Å². The quantitative estimate of drug-likeness (QED) is 0.851. The fourth-order valence-corrected chi connectivity index (χ4v) is 2.55. The Kier molecular flexibility index (Phi) is 5.70. The second-order valence-corrected chi connectivity index (χ2v) is 5.37. The highest BCUT2D eigenvalue weighted by Gasteiger charge is 2.18. The molecule has 0 aliphatic carbocycles. The Hall–Kier alpha value is -2.16. The molecule has 0 bridgehead atoms. The Balaban J connectivity index is 2.06. The molecule has 0 saturated carbocycles. The Bertz CT molecular complexity index is 625. The van der Waals surface area contributed by atoms with Crippen LogP contribution >= 0.6 is 0 Å². The summed E-state index contributed by atoms with van der Waals surface area (Å²) in [6.45, 7) is 4.23. The minimum absolute atomic E-state index is 0.0602. The molecule has 2 aromatic carbocycles. The predicted octanol–water partition coefficient (Wildman–Crippen LogP) is 4.20. The van der Waals surface area contributed by atoms with Gasteiger partial charge in [0.25, 0.3) is 0 Å². The zero-order chi connectivity index (χ0) is 15.9. The first-order valence-electron chi connectivity index (χ1n) is 7.75. The Morgan fingerprint density at radius 3 is 2.50 bits per heavy atom. The topological polar surface area (TPSA) is 29.1 Å². The molecule has 2 aromatic rings. The van der Waals surface area contributed by atoms with Crippen LogP contribution in [0.5, 0.6) is 0 Å². The molecule has 1 N–H and O–H groups in total. The summed E-state index contributed by atoms with van der Waals surface area (Å²) in [6, 6.07) is 14.7. The summed E-state index contributed by atoms with van der Waals surface area (Å²) in [5.41, 5.74) is 2.60. The second-order valence-electron chi connectivity index (χ2n) is 5.37. The number of halogens is 1. The molecule has 0 heterocycles. The molecule has 2 rings (SSSR count). The molecule has 0 fully saturated rings. The molecule has 2 nitrogen and oxygen atoms in total. The van der Waals surface area contributed by atoms with Gasteiger partial charge in [-0.15, -0.1) is 0 Å². The van der Waals surface area contributed by atoms with Crippen molar-refractivity contribution in [2.75, 3.05) is 0 Å². The molecular weight excluding hydrogens is 277 g/mol. The lowest BCUT2D eigenvalue weighted by atomic mass is 9.95. The lowest BCUT2D eigenvalue weighted by molar-refractivity contribution is -0.122. The molecule has 0 unspecified atom stereocenters. The molecule has 1 atom stereocenters. The number of carbonyl (C=O) groups is 1. The maximum atomic E-state index is 13.8. The smallest absolute Gasteiger partial charge is 0.227 e. The summed E-state index contributed by atoms with van der Waals surface area (Å²) in [5.74, 6) is -0.529. The van der Waals surface area contributed by atoms with E-state index in [9.17, 15) is 9.18 Å². The molecule has 0 aliphatic rings. The SMILES string of the molecule is CCc1ccc(F)c(CNC(=O)[C@@H](CC)c2ccccc2)c1. The Labute approximate surface area is 131 Å². The van der Waals surface area contributed by atoms with E-state index in [1.165, 1.54) is 6.07 Å². The Morgan fingerprint density at radius 1 is 1.14 bits per heavy atom. The molecular formula is C19H22FNO. The second kappa shape index (κ2) is 7.74. The lowest BCUT2D eigenvalue weighted by Gasteiger charge is -2.16. The summed E-state index contributed by atoms with van der Waals surface area (Å²) in [6.07, 6.45) is 1.57. The fourth-order valence-electron chi connectivity index (χ4n) is 2.55. The molecule has 22 heavy (non-hydrogen) atoms. The fraction of sp³-hybridized carbons (Fsp3) is 0.316. The van der Waals surface area contributed by atoms with Crippen molar-refractivity contribution in [1.82, 2.24) is 5.32 Å². The standard InChI is InChI=1S/C19H22FNO/c1-3-14-10-11-18(20)16(12-14)13-21-19(22)17(4-2)15-8-6-5-7-9-15/h5-12,17H,3-4,13H2,1-2H3,(H,21,22)/t17-/m0/s1. The van der Waals surface area contributed by atoms with Gasteiger partial charge in [0, 0.05) is 12.1 Å². The zero-order valence-electron chi connectivity index (χ0n) is 13.1. The molecule has 0 saturated heterocycles. The number of nitrogens with one attached hydrogen (secondary N) is 1. The average molecular weight is 299 g/mol. The number of amides is 1. The van der Waals surface area contributed by atoms with Crippen LogP contribution in [0.1, 0.15) is 42.9 Å². The minimum atomic E-state index is -0.273. The Morgan fingerprint density at radius 2 is 1.86 bits per heavy atom. The third-order valence-electron chi connectivity index (χ3n) is 3.90. The average Bonchev–Trinajstić information content (AvgIpc) is 2.56. The lowest BCUT2D eigenvalue weighted by Crippen LogP contribution is -2.29. The number of hydrogen-bond acceptors (Lipinski definition) is 1. The van der Waals surface area contributed by atoms with Gasteiger partial charge in [-0.2, -0.15) is 0 Å². The van der Waals surface area contributed by atoms with Crippen LogP contribution in [0, 0.1) is 5.82 Å². The van der Waals surface area contributed by atoms with Crippen LogP contribution in [0.15, 0.2) is 48.5 Å². The minimum Gasteiger partial charge on any atom is -0.351 e. The number of benzene rings is 2. The number of rotatable bonds is 6. The van der Waals surface area contributed by atoms with Crippen molar-refractivity contribution in [3.05, 3.63) is 71.0 Å². The first-order valence-corrected chi connectivity index (χ1v) is 7.75. The molecule has 116 valence electrons. The van der Waals surface area contributed by atoms with E-state index in [0.717, 1.165) is 17.5 Å². The van der Waals surface area contributed by atoms with E-state index in [-0.39, 0.29) is 24.2 Å². The van der Waals surface area contributed by atoms with E-state index in [0.29, 0.717) is 12.0 Å². The molecule has 0 radical (unpaired) electrons. The van der Waals surface area contributed by atoms with E-state index >= 15 is 0 Å². The van der Waals surface area contributed by atoms with E-state index in [1.807, 2.05) is 50.2 Å². The molecule has 0 spiro atoms.